The highest BCUT2D eigenvalue weighted by molar-refractivity contribution is 5.60. The number of imidazole rings is 1. The van der Waals surface area contributed by atoms with Crippen LogP contribution in [-0.4, -0.2) is 21.0 Å². The summed E-state index contributed by atoms with van der Waals surface area (Å²) < 4.78 is 42.4. The van der Waals surface area contributed by atoms with Crippen molar-refractivity contribution >= 4 is 11.4 Å². The molecule has 1 aromatic heterocycles. The largest absolute Gasteiger partial charge is 0.418 e. The van der Waals surface area contributed by atoms with Gasteiger partial charge in [-0.2, -0.15) is 13.2 Å². The molecule has 9 heteroatoms. The Balaban J connectivity index is 2.01. The van der Waals surface area contributed by atoms with E-state index in [0.717, 1.165) is 23.3 Å². The van der Waals surface area contributed by atoms with Crippen molar-refractivity contribution < 1.29 is 18.1 Å². The first-order valence-corrected chi connectivity index (χ1v) is 8.24. The van der Waals surface area contributed by atoms with Crippen LogP contribution in [0.1, 0.15) is 42.5 Å². The van der Waals surface area contributed by atoms with Crippen LogP contribution in [0.25, 0.3) is 0 Å². The number of nitrogens with zero attached hydrogens (tertiary/aromatic N) is 4. The molecule has 0 N–H and O–H groups in total. The number of aromatic nitrogens is 2. The molecule has 0 unspecified atom stereocenters. The van der Waals surface area contributed by atoms with E-state index in [1.54, 1.807) is 4.90 Å². The fourth-order valence-corrected chi connectivity index (χ4v) is 3.41. The number of rotatable bonds is 3. The Bertz CT molecular complexity index is 858. The van der Waals surface area contributed by atoms with Crippen LogP contribution in [-0.2, 0) is 26.2 Å². The normalized spacial score (nSPS) is 14.7. The summed E-state index contributed by atoms with van der Waals surface area (Å²) in [6, 6.07) is 2.89. The summed E-state index contributed by atoms with van der Waals surface area (Å²) in [5.41, 5.74) is 0.175. The van der Waals surface area contributed by atoms with Crippen LogP contribution in [0.4, 0.5) is 24.5 Å². The highest BCUT2D eigenvalue weighted by atomic mass is 19.4. The molecule has 0 bridgehead atoms. The van der Waals surface area contributed by atoms with E-state index in [2.05, 4.69) is 4.98 Å². The third kappa shape index (κ3) is 3.13. The Morgan fingerprint density at radius 1 is 1.31 bits per heavy atom. The van der Waals surface area contributed by atoms with Gasteiger partial charge in [0.05, 0.1) is 22.7 Å². The van der Waals surface area contributed by atoms with Crippen molar-refractivity contribution in [2.24, 2.45) is 7.05 Å². The van der Waals surface area contributed by atoms with Gasteiger partial charge in [0.2, 0.25) is 0 Å². The summed E-state index contributed by atoms with van der Waals surface area (Å²) in [6.45, 7) is 4.68. The van der Waals surface area contributed by atoms with Gasteiger partial charge in [-0.3, -0.25) is 10.1 Å². The van der Waals surface area contributed by atoms with Crippen molar-refractivity contribution in [1.29, 1.82) is 0 Å². The van der Waals surface area contributed by atoms with Gasteiger partial charge in [-0.15, -0.1) is 0 Å². The molecular weight excluding hydrogens is 349 g/mol. The van der Waals surface area contributed by atoms with Crippen LogP contribution in [0.3, 0.4) is 0 Å². The fourth-order valence-electron chi connectivity index (χ4n) is 3.41. The molecule has 0 fully saturated rings. The molecular formula is C17H19F3N4O2. The van der Waals surface area contributed by atoms with E-state index >= 15 is 0 Å². The van der Waals surface area contributed by atoms with Crippen LogP contribution >= 0.6 is 0 Å². The van der Waals surface area contributed by atoms with Gasteiger partial charge in [0.15, 0.2) is 0 Å². The average molecular weight is 368 g/mol. The maximum absolute atomic E-state index is 13.4. The molecule has 1 aliphatic heterocycles. The lowest BCUT2D eigenvalue weighted by atomic mass is 10.1. The number of alkyl halides is 3. The monoisotopic (exact) mass is 368 g/mol. The smallest absolute Gasteiger partial charge is 0.365 e. The molecule has 2 heterocycles. The van der Waals surface area contributed by atoms with E-state index < -0.39 is 22.4 Å². The molecule has 140 valence electrons. The Hall–Kier alpha value is -2.58. The zero-order valence-corrected chi connectivity index (χ0v) is 14.7. The Morgan fingerprint density at radius 2 is 2.00 bits per heavy atom. The number of benzene rings is 1. The number of nitro benzene ring substituents is 1. The Labute approximate surface area is 148 Å². The van der Waals surface area contributed by atoms with E-state index in [-0.39, 0.29) is 18.2 Å². The first-order chi connectivity index (χ1) is 12.1. The third-order valence-corrected chi connectivity index (χ3v) is 4.64. The molecule has 6 nitrogen and oxygen atoms in total. The molecule has 0 aliphatic carbocycles. The van der Waals surface area contributed by atoms with E-state index in [1.807, 2.05) is 25.5 Å². The minimum atomic E-state index is -4.67. The number of anilines is 1. The molecule has 0 amide bonds. The third-order valence-electron chi connectivity index (χ3n) is 4.64. The highest BCUT2D eigenvalue weighted by Crippen LogP contribution is 2.40. The summed E-state index contributed by atoms with van der Waals surface area (Å²) in [4.78, 5) is 16.2. The predicted octanol–water partition coefficient (Wildman–Crippen LogP) is 4.03. The molecule has 0 spiro atoms. The van der Waals surface area contributed by atoms with Gasteiger partial charge < -0.3 is 9.47 Å². The molecule has 26 heavy (non-hydrogen) atoms. The molecule has 2 aromatic rings. The highest BCUT2D eigenvalue weighted by Gasteiger charge is 2.37. The van der Waals surface area contributed by atoms with Crippen molar-refractivity contribution in [2.45, 2.75) is 38.9 Å². The molecule has 3 rings (SSSR count). The number of fused-ring (bicyclic) bond motifs is 1. The van der Waals surface area contributed by atoms with Crippen molar-refractivity contribution in [2.75, 3.05) is 11.4 Å². The van der Waals surface area contributed by atoms with Crippen LogP contribution in [0.15, 0.2) is 18.2 Å². The van der Waals surface area contributed by atoms with Gasteiger partial charge in [0, 0.05) is 49.4 Å². The lowest BCUT2D eigenvalue weighted by Crippen LogP contribution is -2.32. The second-order valence-electron chi connectivity index (χ2n) is 6.70. The summed E-state index contributed by atoms with van der Waals surface area (Å²) in [5, 5.41) is 10.8. The Morgan fingerprint density at radius 3 is 2.58 bits per heavy atom. The fraction of sp³-hybridized carbons (Fsp3) is 0.471. The number of hydrogen-bond donors (Lipinski definition) is 0. The van der Waals surface area contributed by atoms with Crippen LogP contribution in [0, 0.1) is 10.1 Å². The SMILES string of the molecule is CC(C)c1nc2c(n1C)CCN(c1ccc([N+](=O)[O-])cc1C(F)(F)F)C2. The molecule has 1 aromatic carbocycles. The van der Waals surface area contributed by atoms with E-state index in [0.29, 0.717) is 19.0 Å². The van der Waals surface area contributed by atoms with Crippen molar-refractivity contribution in [3.63, 3.8) is 0 Å². The summed E-state index contributed by atoms with van der Waals surface area (Å²) in [7, 11) is 1.92. The van der Waals surface area contributed by atoms with Crippen molar-refractivity contribution in [1.82, 2.24) is 9.55 Å². The molecule has 0 atom stereocenters. The minimum absolute atomic E-state index is 0.0505. The quantitative estimate of drug-likeness (QED) is 0.606. The van der Waals surface area contributed by atoms with Gasteiger partial charge in [-0.1, -0.05) is 13.8 Å². The first-order valence-electron chi connectivity index (χ1n) is 8.24. The Kier molecular flexibility index (Phi) is 4.41. The number of hydrogen-bond acceptors (Lipinski definition) is 4. The molecule has 0 saturated carbocycles. The summed E-state index contributed by atoms with van der Waals surface area (Å²) in [6.07, 6.45) is -4.10. The van der Waals surface area contributed by atoms with E-state index in [4.69, 9.17) is 0 Å². The van der Waals surface area contributed by atoms with Gasteiger partial charge in [0.25, 0.3) is 5.69 Å². The summed E-state index contributed by atoms with van der Waals surface area (Å²) in [5.74, 6) is 1.11. The zero-order valence-electron chi connectivity index (χ0n) is 14.7. The molecule has 0 saturated heterocycles. The summed E-state index contributed by atoms with van der Waals surface area (Å²) >= 11 is 0. The van der Waals surface area contributed by atoms with E-state index in [1.165, 1.54) is 6.07 Å². The van der Waals surface area contributed by atoms with Crippen molar-refractivity contribution in [3.8, 4) is 0 Å². The van der Waals surface area contributed by atoms with Gasteiger partial charge in [0.1, 0.15) is 5.82 Å². The second kappa shape index (κ2) is 6.30. The minimum Gasteiger partial charge on any atom is -0.365 e. The lowest BCUT2D eigenvalue weighted by molar-refractivity contribution is -0.385. The predicted molar refractivity (Wildman–Crippen MR) is 90.1 cm³/mol. The maximum Gasteiger partial charge on any atom is 0.418 e. The zero-order chi connectivity index (χ0) is 19.2. The van der Waals surface area contributed by atoms with Crippen molar-refractivity contribution in [3.05, 3.63) is 51.1 Å². The maximum atomic E-state index is 13.4. The van der Waals surface area contributed by atoms with Gasteiger partial charge in [-0.25, -0.2) is 4.98 Å². The first kappa shape index (κ1) is 18.2. The number of nitro groups is 1. The van der Waals surface area contributed by atoms with Crippen LogP contribution < -0.4 is 4.90 Å². The number of non-ortho nitro benzene ring substituents is 1. The number of halogens is 3. The standard InChI is InChI=1S/C17H19F3N4O2/c1-10(2)16-21-13-9-23(7-6-15(13)22(16)3)14-5-4-11(24(25)26)8-12(14)17(18,19)20/h4-5,8,10H,6-7,9H2,1-3H3. The van der Waals surface area contributed by atoms with Crippen LogP contribution in [0.2, 0.25) is 0 Å². The molecule has 0 radical (unpaired) electrons. The second-order valence-corrected chi connectivity index (χ2v) is 6.70. The van der Waals surface area contributed by atoms with Gasteiger partial charge in [-0.05, 0) is 6.07 Å². The van der Waals surface area contributed by atoms with Crippen LogP contribution in [0.5, 0.6) is 0 Å². The molecule has 1 aliphatic rings. The topological polar surface area (TPSA) is 64.2 Å². The van der Waals surface area contributed by atoms with E-state index in [9.17, 15) is 23.3 Å². The van der Waals surface area contributed by atoms with Gasteiger partial charge >= 0.3 is 6.18 Å². The lowest BCUT2D eigenvalue weighted by Gasteiger charge is -2.30. The average Bonchev–Trinajstić information content (AvgIpc) is 2.90.